The minimum atomic E-state index is 0.374. The molecule has 8 heteroatoms. The van der Waals surface area contributed by atoms with Crippen LogP contribution < -0.4 is 15.4 Å². The highest BCUT2D eigenvalue weighted by atomic mass is 35.5. The van der Waals surface area contributed by atoms with E-state index in [1.807, 2.05) is 6.07 Å². The summed E-state index contributed by atoms with van der Waals surface area (Å²) in [5.74, 6) is 1.60. The molecule has 7 nitrogen and oxygen atoms in total. The van der Waals surface area contributed by atoms with Gasteiger partial charge in [0.25, 0.3) is 0 Å². The minimum absolute atomic E-state index is 0.374. The second-order valence-corrected chi connectivity index (χ2v) is 4.47. The molecule has 0 saturated carbocycles. The van der Waals surface area contributed by atoms with Crippen LogP contribution in [0.5, 0.6) is 5.75 Å². The quantitative estimate of drug-likeness (QED) is 0.760. The van der Waals surface area contributed by atoms with E-state index in [2.05, 4.69) is 25.8 Å². The maximum Gasteiger partial charge on any atom is 0.249 e. The minimum Gasteiger partial charge on any atom is -0.495 e. The Bertz CT molecular complexity index is 597. The number of methoxy groups -OCH3 is 2. The van der Waals surface area contributed by atoms with Crippen LogP contribution >= 0.6 is 11.6 Å². The van der Waals surface area contributed by atoms with Gasteiger partial charge in [-0.2, -0.15) is 10.1 Å². The molecule has 1 heterocycles. The van der Waals surface area contributed by atoms with Gasteiger partial charge < -0.3 is 20.1 Å². The Morgan fingerprint density at radius 3 is 2.86 bits per heavy atom. The predicted octanol–water partition coefficient (Wildman–Crippen LogP) is 2.34. The first-order chi connectivity index (χ1) is 10.2. The molecule has 0 aliphatic carbocycles. The average molecular weight is 310 g/mol. The van der Waals surface area contributed by atoms with Crippen LogP contribution in [0.1, 0.15) is 0 Å². The number of anilines is 3. The van der Waals surface area contributed by atoms with Crippen LogP contribution in [0.3, 0.4) is 0 Å². The maximum atomic E-state index is 6.06. The van der Waals surface area contributed by atoms with E-state index in [4.69, 9.17) is 21.1 Å². The number of hydrogen-bond acceptors (Lipinski definition) is 7. The second kappa shape index (κ2) is 7.61. The van der Waals surface area contributed by atoms with E-state index in [1.165, 1.54) is 0 Å². The van der Waals surface area contributed by atoms with E-state index in [0.717, 1.165) is 5.69 Å². The molecule has 0 spiro atoms. The summed E-state index contributed by atoms with van der Waals surface area (Å²) < 4.78 is 10.1. The summed E-state index contributed by atoms with van der Waals surface area (Å²) >= 11 is 6.06. The van der Waals surface area contributed by atoms with Crippen LogP contribution in [0.2, 0.25) is 5.02 Å². The predicted molar refractivity (Wildman–Crippen MR) is 81.5 cm³/mol. The van der Waals surface area contributed by atoms with Crippen molar-refractivity contribution in [2.75, 3.05) is 38.0 Å². The molecule has 0 aliphatic rings. The fraction of sp³-hybridized carbons (Fsp3) is 0.308. The highest BCUT2D eigenvalue weighted by Gasteiger charge is 2.04. The lowest BCUT2D eigenvalue weighted by molar-refractivity contribution is 0.210. The first kappa shape index (κ1) is 15.3. The molecule has 2 N–H and O–H groups in total. The fourth-order valence-corrected chi connectivity index (χ4v) is 1.85. The third-order valence-electron chi connectivity index (χ3n) is 2.58. The third kappa shape index (κ3) is 4.44. The maximum absolute atomic E-state index is 6.06. The Hall–Kier alpha value is -2.12. The van der Waals surface area contributed by atoms with Crippen molar-refractivity contribution in [1.82, 2.24) is 15.2 Å². The average Bonchev–Trinajstić information content (AvgIpc) is 2.48. The van der Waals surface area contributed by atoms with Gasteiger partial charge in [0, 0.05) is 19.3 Å². The molecule has 0 atom stereocenters. The van der Waals surface area contributed by atoms with Crippen LogP contribution in [-0.2, 0) is 4.74 Å². The smallest absolute Gasteiger partial charge is 0.249 e. The van der Waals surface area contributed by atoms with Gasteiger partial charge in [0.2, 0.25) is 5.95 Å². The summed E-state index contributed by atoms with van der Waals surface area (Å²) in [5.41, 5.74) is 0.747. The van der Waals surface area contributed by atoms with Crippen LogP contribution in [0, 0.1) is 0 Å². The van der Waals surface area contributed by atoms with Crippen LogP contribution in [0.4, 0.5) is 17.5 Å². The standard InChI is InChI=1S/C13H16ClN5O2/c1-20-6-5-15-12-8-16-19-13(18-12)17-9-3-4-11(21-2)10(14)7-9/h3-4,7-8H,5-6H2,1-2H3,(H2,15,17,18,19). The third-order valence-corrected chi connectivity index (χ3v) is 2.87. The molecule has 0 aliphatic heterocycles. The lowest BCUT2D eigenvalue weighted by Gasteiger charge is -2.09. The zero-order valence-electron chi connectivity index (χ0n) is 11.8. The zero-order valence-corrected chi connectivity index (χ0v) is 12.5. The molecular formula is C13H16ClN5O2. The van der Waals surface area contributed by atoms with Crippen LogP contribution in [-0.4, -0.2) is 42.6 Å². The molecule has 0 amide bonds. The summed E-state index contributed by atoms with van der Waals surface area (Å²) in [7, 11) is 3.21. The lowest BCUT2D eigenvalue weighted by atomic mass is 10.3. The normalized spacial score (nSPS) is 10.2. The Kier molecular flexibility index (Phi) is 5.53. The number of benzene rings is 1. The van der Waals surface area contributed by atoms with E-state index < -0.39 is 0 Å². The van der Waals surface area contributed by atoms with Crippen LogP contribution in [0.25, 0.3) is 0 Å². The van der Waals surface area contributed by atoms with E-state index in [-0.39, 0.29) is 0 Å². The van der Waals surface area contributed by atoms with Crippen molar-refractivity contribution in [2.24, 2.45) is 0 Å². The van der Waals surface area contributed by atoms with Crippen molar-refractivity contribution in [3.05, 3.63) is 29.4 Å². The van der Waals surface area contributed by atoms with Crippen molar-refractivity contribution in [2.45, 2.75) is 0 Å². The Morgan fingerprint density at radius 2 is 2.14 bits per heavy atom. The van der Waals surface area contributed by atoms with Gasteiger partial charge in [-0.25, -0.2) is 0 Å². The van der Waals surface area contributed by atoms with Gasteiger partial charge in [-0.15, -0.1) is 5.10 Å². The number of hydrogen-bond donors (Lipinski definition) is 2. The van der Waals surface area contributed by atoms with Gasteiger partial charge in [-0.3, -0.25) is 0 Å². The Morgan fingerprint density at radius 1 is 1.29 bits per heavy atom. The van der Waals surface area contributed by atoms with E-state index in [0.29, 0.717) is 35.7 Å². The first-order valence-corrected chi connectivity index (χ1v) is 6.64. The van der Waals surface area contributed by atoms with Gasteiger partial charge in [-0.05, 0) is 18.2 Å². The van der Waals surface area contributed by atoms with Crippen molar-refractivity contribution >= 4 is 29.1 Å². The largest absolute Gasteiger partial charge is 0.495 e. The van der Waals surface area contributed by atoms with E-state index in [1.54, 1.807) is 32.5 Å². The number of nitrogens with zero attached hydrogens (tertiary/aromatic N) is 3. The molecule has 0 bridgehead atoms. The van der Waals surface area contributed by atoms with Gasteiger partial charge in [0.05, 0.1) is 24.9 Å². The summed E-state index contributed by atoms with van der Waals surface area (Å²) in [6.45, 7) is 1.23. The number of rotatable bonds is 7. The molecule has 21 heavy (non-hydrogen) atoms. The highest BCUT2D eigenvalue weighted by molar-refractivity contribution is 6.32. The summed E-state index contributed by atoms with van der Waals surface area (Å²) in [5, 5.41) is 14.4. The van der Waals surface area contributed by atoms with Crippen molar-refractivity contribution in [1.29, 1.82) is 0 Å². The van der Waals surface area contributed by atoms with Crippen molar-refractivity contribution in [3.8, 4) is 5.75 Å². The van der Waals surface area contributed by atoms with Crippen molar-refractivity contribution in [3.63, 3.8) is 0 Å². The molecule has 2 aromatic rings. The number of halogens is 1. The molecular weight excluding hydrogens is 294 g/mol. The topological polar surface area (TPSA) is 81.2 Å². The first-order valence-electron chi connectivity index (χ1n) is 6.26. The number of aromatic nitrogens is 3. The molecule has 112 valence electrons. The summed E-state index contributed by atoms with van der Waals surface area (Å²) in [4.78, 5) is 4.29. The molecule has 1 aromatic heterocycles. The van der Waals surface area contributed by atoms with Gasteiger partial charge in [0.15, 0.2) is 5.82 Å². The van der Waals surface area contributed by atoms with Gasteiger partial charge in [-0.1, -0.05) is 11.6 Å². The lowest BCUT2D eigenvalue weighted by Crippen LogP contribution is -2.10. The Balaban J connectivity index is 2.05. The molecule has 0 fully saturated rings. The molecule has 0 saturated heterocycles. The zero-order chi connectivity index (χ0) is 15.1. The molecule has 1 aromatic carbocycles. The second-order valence-electron chi connectivity index (χ2n) is 4.06. The molecule has 0 radical (unpaired) electrons. The molecule has 0 unspecified atom stereocenters. The summed E-state index contributed by atoms with van der Waals surface area (Å²) in [6.07, 6.45) is 1.54. The summed E-state index contributed by atoms with van der Waals surface area (Å²) in [6, 6.07) is 5.31. The van der Waals surface area contributed by atoms with Gasteiger partial charge >= 0.3 is 0 Å². The highest BCUT2D eigenvalue weighted by Crippen LogP contribution is 2.28. The van der Waals surface area contributed by atoms with E-state index in [9.17, 15) is 0 Å². The SMILES string of the molecule is COCCNc1cnnc(Nc2ccc(OC)c(Cl)c2)n1. The number of ether oxygens (including phenoxy) is 2. The monoisotopic (exact) mass is 309 g/mol. The van der Waals surface area contributed by atoms with Crippen molar-refractivity contribution < 1.29 is 9.47 Å². The number of nitrogens with one attached hydrogen (secondary N) is 2. The van der Waals surface area contributed by atoms with Crippen LogP contribution in [0.15, 0.2) is 24.4 Å². The fourth-order valence-electron chi connectivity index (χ4n) is 1.60. The van der Waals surface area contributed by atoms with E-state index >= 15 is 0 Å². The Labute approximate surface area is 127 Å². The molecule has 2 rings (SSSR count). The van der Waals surface area contributed by atoms with Gasteiger partial charge in [0.1, 0.15) is 5.75 Å².